The maximum atomic E-state index is 12.3. The van der Waals surface area contributed by atoms with Gasteiger partial charge in [0.05, 0.1) is 7.11 Å². The second-order valence-electron chi connectivity index (χ2n) is 5.18. The summed E-state index contributed by atoms with van der Waals surface area (Å²) in [6.07, 6.45) is -0.848. The molecule has 5 nitrogen and oxygen atoms in total. The molecule has 22 heavy (non-hydrogen) atoms. The van der Waals surface area contributed by atoms with E-state index >= 15 is 0 Å². The average Bonchev–Trinajstić information content (AvgIpc) is 2.52. The lowest BCUT2D eigenvalue weighted by atomic mass is 10.1. The van der Waals surface area contributed by atoms with Crippen LogP contribution in [0.2, 0.25) is 0 Å². The lowest BCUT2D eigenvalue weighted by molar-refractivity contribution is -0.137. The van der Waals surface area contributed by atoms with Crippen molar-refractivity contribution in [2.24, 2.45) is 0 Å². The summed E-state index contributed by atoms with van der Waals surface area (Å²) in [4.78, 5) is 25.5. The van der Waals surface area contributed by atoms with Gasteiger partial charge in [0.25, 0.3) is 5.91 Å². The molecule has 0 N–H and O–H groups in total. The Kier molecular flexibility index (Phi) is 4.65. The van der Waals surface area contributed by atoms with Gasteiger partial charge in [0, 0.05) is 14.1 Å². The van der Waals surface area contributed by atoms with Crippen LogP contribution in [0.4, 0.5) is 0 Å². The van der Waals surface area contributed by atoms with E-state index in [-0.39, 0.29) is 5.91 Å². The van der Waals surface area contributed by atoms with Gasteiger partial charge in [-0.3, -0.25) is 4.79 Å². The van der Waals surface area contributed by atoms with Gasteiger partial charge in [-0.2, -0.15) is 0 Å². The van der Waals surface area contributed by atoms with E-state index in [0.29, 0.717) is 11.3 Å². The highest BCUT2D eigenvalue weighted by atomic mass is 16.5. The zero-order valence-electron chi connectivity index (χ0n) is 13.1. The summed E-state index contributed by atoms with van der Waals surface area (Å²) in [5, 5.41) is 1.87. The van der Waals surface area contributed by atoms with Gasteiger partial charge in [-0.05, 0) is 29.8 Å². The minimum atomic E-state index is -0.848. The van der Waals surface area contributed by atoms with Crippen LogP contribution in [0.1, 0.15) is 17.3 Å². The van der Waals surface area contributed by atoms with E-state index < -0.39 is 12.1 Å². The number of nitrogens with zero attached hydrogens (tertiary/aromatic N) is 1. The van der Waals surface area contributed by atoms with Crippen LogP contribution >= 0.6 is 0 Å². The highest BCUT2D eigenvalue weighted by molar-refractivity contribution is 5.99. The summed E-state index contributed by atoms with van der Waals surface area (Å²) in [5.74, 6) is -0.424. The molecule has 0 heterocycles. The second-order valence-corrected chi connectivity index (χ2v) is 5.18. The van der Waals surface area contributed by atoms with Crippen molar-refractivity contribution in [2.75, 3.05) is 21.2 Å². The van der Waals surface area contributed by atoms with Gasteiger partial charge in [0.15, 0.2) is 6.10 Å². The third kappa shape index (κ3) is 3.19. The fourth-order valence-electron chi connectivity index (χ4n) is 2.19. The van der Waals surface area contributed by atoms with E-state index in [4.69, 9.17) is 9.47 Å². The number of amides is 1. The van der Waals surface area contributed by atoms with Crippen molar-refractivity contribution in [3.8, 4) is 5.75 Å². The summed E-state index contributed by atoms with van der Waals surface area (Å²) < 4.78 is 10.5. The SMILES string of the molecule is COc1cc2ccccc2cc1C(=O)O[C@H](C)C(=O)N(C)C. The van der Waals surface area contributed by atoms with Gasteiger partial charge >= 0.3 is 5.97 Å². The number of carbonyl (C=O) groups is 2. The predicted octanol–water partition coefficient (Wildman–Crippen LogP) is 2.48. The average molecular weight is 301 g/mol. The molecule has 0 saturated carbocycles. The number of fused-ring (bicyclic) bond motifs is 1. The zero-order valence-corrected chi connectivity index (χ0v) is 13.1. The molecule has 0 spiro atoms. The first kappa shape index (κ1) is 15.8. The fourth-order valence-corrected chi connectivity index (χ4v) is 2.19. The van der Waals surface area contributed by atoms with Crippen molar-refractivity contribution in [1.29, 1.82) is 0 Å². The Balaban J connectivity index is 2.32. The maximum absolute atomic E-state index is 12.3. The number of esters is 1. The minimum Gasteiger partial charge on any atom is -0.496 e. The van der Waals surface area contributed by atoms with Crippen molar-refractivity contribution < 1.29 is 19.1 Å². The third-order valence-corrected chi connectivity index (χ3v) is 3.36. The van der Waals surface area contributed by atoms with Crippen molar-refractivity contribution in [1.82, 2.24) is 4.90 Å². The van der Waals surface area contributed by atoms with Crippen molar-refractivity contribution in [2.45, 2.75) is 13.0 Å². The summed E-state index contributed by atoms with van der Waals surface area (Å²) in [5.41, 5.74) is 0.305. The van der Waals surface area contributed by atoms with E-state index in [9.17, 15) is 9.59 Å². The number of hydrogen-bond donors (Lipinski definition) is 0. The zero-order chi connectivity index (χ0) is 16.3. The van der Waals surface area contributed by atoms with Crippen LogP contribution < -0.4 is 4.74 Å². The Morgan fingerprint density at radius 2 is 1.68 bits per heavy atom. The lowest BCUT2D eigenvalue weighted by Crippen LogP contribution is -2.34. The first-order valence-electron chi connectivity index (χ1n) is 6.93. The molecule has 0 radical (unpaired) electrons. The van der Waals surface area contributed by atoms with Gasteiger partial charge in [0.2, 0.25) is 0 Å². The van der Waals surface area contributed by atoms with E-state index in [1.165, 1.54) is 12.0 Å². The monoisotopic (exact) mass is 301 g/mol. The number of rotatable bonds is 4. The summed E-state index contributed by atoms with van der Waals surface area (Å²) >= 11 is 0. The molecule has 1 atom stereocenters. The molecule has 116 valence electrons. The predicted molar refractivity (Wildman–Crippen MR) is 84.1 cm³/mol. The first-order chi connectivity index (χ1) is 10.4. The van der Waals surface area contributed by atoms with Gasteiger partial charge in [-0.1, -0.05) is 24.3 Å². The molecule has 0 aromatic heterocycles. The minimum absolute atomic E-state index is 0.270. The standard InChI is InChI=1S/C17H19NO4/c1-11(16(19)18(2)3)22-17(20)14-9-12-7-5-6-8-13(12)10-15(14)21-4/h5-11H,1-4H3/t11-/m1/s1. The number of benzene rings is 2. The van der Waals surface area contributed by atoms with Crippen LogP contribution in [-0.2, 0) is 9.53 Å². The number of likely N-dealkylation sites (N-methyl/N-ethyl adjacent to an activating group) is 1. The Hall–Kier alpha value is -2.56. The summed E-state index contributed by atoms with van der Waals surface area (Å²) in [7, 11) is 4.72. The van der Waals surface area contributed by atoms with E-state index in [2.05, 4.69) is 0 Å². The van der Waals surface area contributed by atoms with Crippen LogP contribution in [0.15, 0.2) is 36.4 Å². The quantitative estimate of drug-likeness (QED) is 0.814. The highest BCUT2D eigenvalue weighted by Gasteiger charge is 2.22. The van der Waals surface area contributed by atoms with Crippen LogP contribution in [0.25, 0.3) is 10.8 Å². The van der Waals surface area contributed by atoms with Gasteiger partial charge in [-0.25, -0.2) is 4.79 Å². The van der Waals surface area contributed by atoms with Gasteiger partial charge in [-0.15, -0.1) is 0 Å². The molecule has 0 bridgehead atoms. The largest absolute Gasteiger partial charge is 0.496 e. The molecule has 0 aliphatic carbocycles. The van der Waals surface area contributed by atoms with Crippen LogP contribution in [0, 0.1) is 0 Å². The van der Waals surface area contributed by atoms with E-state index in [0.717, 1.165) is 10.8 Å². The lowest BCUT2D eigenvalue weighted by Gasteiger charge is -2.18. The van der Waals surface area contributed by atoms with Crippen molar-refractivity contribution in [3.05, 3.63) is 42.0 Å². The van der Waals surface area contributed by atoms with Crippen molar-refractivity contribution in [3.63, 3.8) is 0 Å². The summed E-state index contributed by atoms with van der Waals surface area (Å²) in [6.45, 7) is 1.55. The normalized spacial score (nSPS) is 11.8. The molecule has 0 fully saturated rings. The second kappa shape index (κ2) is 6.47. The molecular weight excluding hydrogens is 282 g/mol. The summed E-state index contributed by atoms with van der Waals surface area (Å²) in [6, 6.07) is 11.1. The molecular formula is C17H19NO4. The van der Waals surface area contributed by atoms with Crippen molar-refractivity contribution >= 4 is 22.6 Å². The highest BCUT2D eigenvalue weighted by Crippen LogP contribution is 2.26. The molecule has 5 heteroatoms. The molecule has 2 rings (SSSR count). The molecule has 0 aliphatic heterocycles. The Bertz CT molecular complexity index is 709. The Morgan fingerprint density at radius 1 is 1.09 bits per heavy atom. The third-order valence-electron chi connectivity index (χ3n) is 3.36. The molecule has 2 aromatic rings. The first-order valence-corrected chi connectivity index (χ1v) is 6.93. The van der Waals surface area contributed by atoms with Gasteiger partial charge in [0.1, 0.15) is 11.3 Å². The number of carbonyl (C=O) groups excluding carboxylic acids is 2. The number of ether oxygens (including phenoxy) is 2. The van der Waals surface area contributed by atoms with E-state index in [1.54, 1.807) is 33.2 Å². The molecule has 0 unspecified atom stereocenters. The van der Waals surface area contributed by atoms with Crippen LogP contribution in [-0.4, -0.2) is 44.1 Å². The Labute approximate surface area is 129 Å². The topological polar surface area (TPSA) is 55.8 Å². The molecule has 0 saturated heterocycles. The number of methoxy groups -OCH3 is 1. The van der Waals surface area contributed by atoms with Crippen LogP contribution in [0.3, 0.4) is 0 Å². The van der Waals surface area contributed by atoms with Gasteiger partial charge < -0.3 is 14.4 Å². The van der Waals surface area contributed by atoms with Crippen LogP contribution in [0.5, 0.6) is 5.75 Å². The smallest absolute Gasteiger partial charge is 0.342 e. The molecule has 1 amide bonds. The van der Waals surface area contributed by atoms with E-state index in [1.807, 2.05) is 24.3 Å². The molecule has 0 aliphatic rings. The number of hydrogen-bond acceptors (Lipinski definition) is 4. The fraction of sp³-hybridized carbons (Fsp3) is 0.294. The maximum Gasteiger partial charge on any atom is 0.342 e. The Morgan fingerprint density at radius 3 is 2.23 bits per heavy atom. The molecule has 2 aromatic carbocycles.